The highest BCUT2D eigenvalue weighted by Crippen LogP contribution is 2.11. The predicted molar refractivity (Wildman–Crippen MR) is 41.9 cm³/mol. The first kappa shape index (κ1) is 7.22. The van der Waals surface area contributed by atoms with Crippen molar-refractivity contribution in [3.63, 3.8) is 0 Å². The van der Waals surface area contributed by atoms with Crippen LogP contribution in [-0.2, 0) is 0 Å². The molecule has 0 spiro atoms. The van der Waals surface area contributed by atoms with Gasteiger partial charge >= 0.3 is 0 Å². The predicted octanol–water partition coefficient (Wildman–Crippen LogP) is 2.08. The molecule has 1 rings (SSSR count). The molecule has 1 aromatic rings. The Bertz CT molecular complexity index is 258. The third-order valence-corrected chi connectivity index (χ3v) is 1.53. The molecule has 0 aromatic carbocycles. The van der Waals surface area contributed by atoms with E-state index in [4.69, 9.17) is 11.6 Å². The maximum Gasteiger partial charge on any atom is 0.0866 e. The molecule has 0 aliphatic rings. The summed E-state index contributed by atoms with van der Waals surface area (Å²) in [6.45, 7) is 5.35. The molecule has 2 nitrogen and oxygen atoms in total. The Morgan fingerprint density at radius 3 is 2.80 bits per heavy atom. The van der Waals surface area contributed by atoms with Gasteiger partial charge in [0.15, 0.2) is 0 Å². The molecule has 0 amide bonds. The number of nitrogens with zero attached hydrogens (tertiary/aromatic N) is 2. The molecular formula is C7H7ClN2. The Morgan fingerprint density at radius 2 is 2.30 bits per heavy atom. The fourth-order valence-corrected chi connectivity index (χ4v) is 0.693. The SMILES string of the molecule is C=Cc1cc(Cl)c(C)nn1. The van der Waals surface area contributed by atoms with Crippen LogP contribution in [0.15, 0.2) is 12.6 Å². The minimum absolute atomic E-state index is 0.630. The van der Waals surface area contributed by atoms with Gasteiger partial charge < -0.3 is 0 Å². The summed E-state index contributed by atoms with van der Waals surface area (Å²) >= 11 is 5.74. The molecule has 0 fully saturated rings. The summed E-state index contributed by atoms with van der Waals surface area (Å²) in [4.78, 5) is 0. The highest BCUT2D eigenvalue weighted by molar-refractivity contribution is 6.31. The van der Waals surface area contributed by atoms with Crippen LogP contribution in [0.4, 0.5) is 0 Å². The number of hydrogen-bond donors (Lipinski definition) is 0. The second kappa shape index (κ2) is 2.80. The molecule has 0 aliphatic heterocycles. The lowest BCUT2D eigenvalue weighted by Crippen LogP contribution is -1.89. The zero-order chi connectivity index (χ0) is 7.56. The van der Waals surface area contributed by atoms with Gasteiger partial charge in [-0.3, -0.25) is 0 Å². The van der Waals surface area contributed by atoms with Crippen LogP contribution in [0, 0.1) is 6.92 Å². The summed E-state index contributed by atoms with van der Waals surface area (Å²) in [5.74, 6) is 0. The lowest BCUT2D eigenvalue weighted by Gasteiger charge is -1.94. The summed E-state index contributed by atoms with van der Waals surface area (Å²) in [7, 11) is 0. The molecule has 1 heterocycles. The van der Waals surface area contributed by atoms with E-state index in [0.717, 1.165) is 5.69 Å². The zero-order valence-corrected chi connectivity index (χ0v) is 6.39. The second-order valence-corrected chi connectivity index (χ2v) is 2.31. The topological polar surface area (TPSA) is 25.8 Å². The average molecular weight is 155 g/mol. The Labute approximate surface area is 64.5 Å². The van der Waals surface area contributed by atoms with Crippen LogP contribution < -0.4 is 0 Å². The van der Waals surface area contributed by atoms with Crippen molar-refractivity contribution in [2.75, 3.05) is 0 Å². The van der Waals surface area contributed by atoms with Crippen LogP contribution in [0.1, 0.15) is 11.4 Å². The van der Waals surface area contributed by atoms with Gasteiger partial charge in [0.25, 0.3) is 0 Å². The van der Waals surface area contributed by atoms with Gasteiger partial charge in [-0.05, 0) is 19.1 Å². The highest BCUT2D eigenvalue weighted by Gasteiger charge is 1.96. The Kier molecular flexibility index (Phi) is 2.02. The van der Waals surface area contributed by atoms with Gasteiger partial charge in [0, 0.05) is 0 Å². The lowest BCUT2D eigenvalue weighted by atomic mass is 10.3. The van der Waals surface area contributed by atoms with E-state index in [1.165, 1.54) is 0 Å². The number of aryl methyl sites for hydroxylation is 1. The van der Waals surface area contributed by atoms with Gasteiger partial charge in [0.2, 0.25) is 0 Å². The van der Waals surface area contributed by atoms with Gasteiger partial charge in [0.1, 0.15) is 0 Å². The summed E-state index contributed by atoms with van der Waals surface area (Å²) in [6, 6.07) is 1.73. The van der Waals surface area contributed by atoms with Crippen LogP contribution in [0.2, 0.25) is 5.02 Å². The third kappa shape index (κ3) is 1.33. The smallest absolute Gasteiger partial charge is 0.0866 e. The van der Waals surface area contributed by atoms with Crippen molar-refractivity contribution in [2.24, 2.45) is 0 Å². The van der Waals surface area contributed by atoms with Crippen molar-refractivity contribution in [1.82, 2.24) is 10.2 Å². The fourth-order valence-electron chi connectivity index (χ4n) is 0.543. The largest absolute Gasteiger partial charge is 0.154 e. The molecule has 0 unspecified atom stereocenters. The van der Waals surface area contributed by atoms with Crippen LogP contribution in [0.5, 0.6) is 0 Å². The number of rotatable bonds is 1. The monoisotopic (exact) mass is 154 g/mol. The van der Waals surface area contributed by atoms with Gasteiger partial charge in [0.05, 0.1) is 16.4 Å². The first-order valence-corrected chi connectivity index (χ1v) is 3.24. The van der Waals surface area contributed by atoms with Crippen LogP contribution in [-0.4, -0.2) is 10.2 Å². The Hall–Kier alpha value is -0.890. The highest BCUT2D eigenvalue weighted by atomic mass is 35.5. The van der Waals surface area contributed by atoms with E-state index in [1.807, 2.05) is 6.92 Å². The molecule has 0 aliphatic carbocycles. The maximum absolute atomic E-state index is 5.74. The molecule has 0 N–H and O–H groups in total. The maximum atomic E-state index is 5.74. The number of halogens is 1. The van der Waals surface area contributed by atoms with Gasteiger partial charge in [-0.25, -0.2) is 0 Å². The first-order valence-electron chi connectivity index (χ1n) is 2.86. The van der Waals surface area contributed by atoms with E-state index in [1.54, 1.807) is 12.1 Å². The van der Waals surface area contributed by atoms with Crippen molar-refractivity contribution < 1.29 is 0 Å². The quantitative estimate of drug-likeness (QED) is 0.619. The molecule has 52 valence electrons. The average Bonchev–Trinajstić information content (AvgIpc) is 1.95. The summed E-state index contributed by atoms with van der Waals surface area (Å²) in [5, 5.41) is 8.23. The van der Waals surface area contributed by atoms with Gasteiger partial charge in [-0.1, -0.05) is 18.2 Å². The molecule has 10 heavy (non-hydrogen) atoms. The molecule has 0 saturated heterocycles. The zero-order valence-electron chi connectivity index (χ0n) is 5.63. The van der Waals surface area contributed by atoms with E-state index < -0.39 is 0 Å². The minimum Gasteiger partial charge on any atom is -0.154 e. The number of hydrogen-bond acceptors (Lipinski definition) is 2. The fraction of sp³-hybridized carbons (Fsp3) is 0.143. The van der Waals surface area contributed by atoms with Crippen molar-refractivity contribution >= 4 is 17.7 Å². The van der Waals surface area contributed by atoms with E-state index in [0.29, 0.717) is 10.7 Å². The van der Waals surface area contributed by atoms with Crippen molar-refractivity contribution in [3.8, 4) is 0 Å². The molecule has 1 aromatic heterocycles. The van der Waals surface area contributed by atoms with E-state index in [-0.39, 0.29) is 0 Å². The lowest BCUT2D eigenvalue weighted by molar-refractivity contribution is 0.970. The van der Waals surface area contributed by atoms with E-state index in [2.05, 4.69) is 16.8 Å². The van der Waals surface area contributed by atoms with E-state index in [9.17, 15) is 0 Å². The molecular weight excluding hydrogens is 148 g/mol. The molecule has 0 saturated carbocycles. The summed E-state index contributed by atoms with van der Waals surface area (Å²) < 4.78 is 0. The molecule has 0 bridgehead atoms. The van der Waals surface area contributed by atoms with Crippen LogP contribution in [0.25, 0.3) is 6.08 Å². The number of aromatic nitrogens is 2. The van der Waals surface area contributed by atoms with Crippen molar-refractivity contribution in [3.05, 3.63) is 29.1 Å². The first-order chi connectivity index (χ1) is 4.74. The van der Waals surface area contributed by atoms with Crippen LogP contribution in [0.3, 0.4) is 0 Å². The van der Waals surface area contributed by atoms with Crippen molar-refractivity contribution in [2.45, 2.75) is 6.92 Å². The summed E-state index contributed by atoms with van der Waals surface area (Å²) in [5.41, 5.74) is 1.45. The Morgan fingerprint density at radius 1 is 1.60 bits per heavy atom. The standard InChI is InChI=1S/C7H7ClN2/c1-3-6-4-7(8)5(2)9-10-6/h3-4H,1H2,2H3. The second-order valence-electron chi connectivity index (χ2n) is 1.91. The Balaban J connectivity index is 3.16. The minimum atomic E-state index is 0.630. The third-order valence-electron chi connectivity index (χ3n) is 1.14. The van der Waals surface area contributed by atoms with Crippen LogP contribution >= 0.6 is 11.6 Å². The van der Waals surface area contributed by atoms with Gasteiger partial charge in [-0.2, -0.15) is 10.2 Å². The molecule has 3 heteroatoms. The van der Waals surface area contributed by atoms with Gasteiger partial charge in [-0.15, -0.1) is 0 Å². The van der Waals surface area contributed by atoms with Crippen molar-refractivity contribution in [1.29, 1.82) is 0 Å². The normalized spacial score (nSPS) is 9.40. The van der Waals surface area contributed by atoms with E-state index >= 15 is 0 Å². The summed E-state index contributed by atoms with van der Waals surface area (Å²) in [6.07, 6.45) is 1.61. The molecule has 0 radical (unpaired) electrons. The molecule has 0 atom stereocenters.